The number of alkyl halides is 1. The minimum Gasteiger partial charge on any atom is -0.461 e. The van der Waals surface area contributed by atoms with E-state index in [0.29, 0.717) is 6.42 Å². The summed E-state index contributed by atoms with van der Waals surface area (Å²) in [6, 6.07) is 0. The predicted octanol–water partition coefficient (Wildman–Crippen LogP) is 2.10. The smallest absolute Gasteiger partial charge is 0.324 e. The molecule has 1 aliphatic heterocycles. The van der Waals surface area contributed by atoms with Gasteiger partial charge in [0.15, 0.2) is 0 Å². The Morgan fingerprint density at radius 1 is 1.73 bits per heavy atom. The van der Waals surface area contributed by atoms with Crippen molar-refractivity contribution in [1.82, 2.24) is 0 Å². The number of hydrogen-bond acceptors (Lipinski definition) is 2. The van der Waals surface area contributed by atoms with Gasteiger partial charge in [0.05, 0.1) is 0 Å². The van der Waals surface area contributed by atoms with Gasteiger partial charge in [-0.3, -0.25) is 4.79 Å². The molecule has 0 N–H and O–H groups in total. The zero-order chi connectivity index (χ0) is 8.27. The van der Waals surface area contributed by atoms with Crippen LogP contribution in [0.3, 0.4) is 0 Å². The lowest BCUT2D eigenvalue weighted by Crippen LogP contribution is -2.06. The summed E-state index contributed by atoms with van der Waals surface area (Å²) in [4.78, 5) is 10.8. The fraction of sp³-hybridized carbons (Fsp3) is 0.875. The number of unbranched alkanes of at least 4 members (excludes halogenated alkanes) is 1. The summed E-state index contributed by atoms with van der Waals surface area (Å²) in [7, 11) is 0. The van der Waals surface area contributed by atoms with Gasteiger partial charge in [-0.05, 0) is 6.42 Å². The minimum atomic E-state index is -0.392. The molecule has 2 nitrogen and oxygen atoms in total. The minimum absolute atomic E-state index is 0.0879. The van der Waals surface area contributed by atoms with Crippen LogP contribution in [0.25, 0.3) is 0 Å². The zero-order valence-electron chi connectivity index (χ0n) is 6.68. The third kappa shape index (κ3) is 2.37. The van der Waals surface area contributed by atoms with Crippen LogP contribution in [0.4, 0.5) is 0 Å². The van der Waals surface area contributed by atoms with E-state index in [1.807, 2.05) is 0 Å². The van der Waals surface area contributed by atoms with Crippen LogP contribution in [0, 0.1) is 0 Å². The third-order valence-electron chi connectivity index (χ3n) is 1.89. The molecule has 11 heavy (non-hydrogen) atoms. The average molecular weight is 177 g/mol. The molecule has 1 rings (SSSR count). The molecule has 0 aromatic heterocycles. The first kappa shape index (κ1) is 8.85. The Kier molecular flexibility index (Phi) is 3.18. The van der Waals surface area contributed by atoms with E-state index in [-0.39, 0.29) is 12.1 Å². The predicted molar refractivity (Wildman–Crippen MR) is 43.7 cm³/mol. The SMILES string of the molecule is CCCCC1CC(Cl)C(=O)O1. The van der Waals surface area contributed by atoms with Crippen molar-refractivity contribution in [2.75, 3.05) is 0 Å². The van der Waals surface area contributed by atoms with Gasteiger partial charge in [-0.25, -0.2) is 0 Å². The highest BCUT2D eigenvalue weighted by Crippen LogP contribution is 2.23. The monoisotopic (exact) mass is 176 g/mol. The molecular formula is C8H13ClO2. The van der Waals surface area contributed by atoms with E-state index < -0.39 is 5.38 Å². The van der Waals surface area contributed by atoms with Crippen molar-refractivity contribution in [1.29, 1.82) is 0 Å². The molecule has 0 aromatic carbocycles. The zero-order valence-corrected chi connectivity index (χ0v) is 7.43. The lowest BCUT2D eigenvalue weighted by molar-refractivity contribution is -0.141. The summed E-state index contributed by atoms with van der Waals surface area (Å²) >= 11 is 5.66. The molecule has 0 amide bonds. The average Bonchev–Trinajstić information content (AvgIpc) is 2.28. The quantitative estimate of drug-likeness (QED) is 0.486. The van der Waals surface area contributed by atoms with Crippen molar-refractivity contribution in [2.45, 2.75) is 44.1 Å². The Morgan fingerprint density at radius 3 is 2.91 bits per heavy atom. The number of carbonyl (C=O) groups excluding carboxylic acids is 1. The van der Waals surface area contributed by atoms with Gasteiger partial charge in [0.2, 0.25) is 0 Å². The molecule has 3 heteroatoms. The number of ether oxygens (including phenoxy) is 1. The number of hydrogen-bond donors (Lipinski definition) is 0. The maximum atomic E-state index is 10.8. The summed E-state index contributed by atoms with van der Waals surface area (Å²) in [5.41, 5.74) is 0. The molecule has 0 aromatic rings. The van der Waals surface area contributed by atoms with E-state index in [1.165, 1.54) is 0 Å². The lowest BCUT2D eigenvalue weighted by atomic mass is 10.1. The van der Waals surface area contributed by atoms with Crippen LogP contribution in [-0.2, 0) is 9.53 Å². The Balaban J connectivity index is 2.24. The first-order valence-electron chi connectivity index (χ1n) is 4.08. The van der Waals surface area contributed by atoms with Gasteiger partial charge < -0.3 is 4.74 Å². The molecule has 0 spiro atoms. The molecule has 0 bridgehead atoms. The Labute approximate surface area is 71.9 Å². The van der Waals surface area contributed by atoms with Crippen molar-refractivity contribution < 1.29 is 9.53 Å². The second-order valence-electron chi connectivity index (χ2n) is 2.90. The summed E-state index contributed by atoms with van der Waals surface area (Å²) in [6.07, 6.45) is 4.00. The molecule has 64 valence electrons. The van der Waals surface area contributed by atoms with Crippen molar-refractivity contribution in [3.8, 4) is 0 Å². The number of carbonyl (C=O) groups is 1. The third-order valence-corrected chi connectivity index (χ3v) is 2.24. The van der Waals surface area contributed by atoms with E-state index in [1.54, 1.807) is 0 Å². The lowest BCUT2D eigenvalue weighted by Gasteiger charge is -2.05. The molecular weight excluding hydrogens is 164 g/mol. The molecule has 2 unspecified atom stereocenters. The maximum absolute atomic E-state index is 10.8. The van der Waals surface area contributed by atoms with E-state index in [2.05, 4.69) is 6.92 Å². The van der Waals surface area contributed by atoms with Gasteiger partial charge in [-0.15, -0.1) is 11.6 Å². The van der Waals surface area contributed by atoms with Gasteiger partial charge in [-0.2, -0.15) is 0 Å². The summed E-state index contributed by atoms with van der Waals surface area (Å²) in [6.45, 7) is 2.12. The molecule has 1 aliphatic rings. The molecule has 0 radical (unpaired) electrons. The first-order chi connectivity index (χ1) is 5.24. The van der Waals surface area contributed by atoms with Gasteiger partial charge in [-0.1, -0.05) is 19.8 Å². The maximum Gasteiger partial charge on any atom is 0.324 e. The van der Waals surface area contributed by atoms with Crippen LogP contribution in [0.2, 0.25) is 0 Å². The van der Waals surface area contributed by atoms with Crippen molar-refractivity contribution >= 4 is 17.6 Å². The van der Waals surface area contributed by atoms with Gasteiger partial charge in [0.25, 0.3) is 0 Å². The van der Waals surface area contributed by atoms with Gasteiger partial charge in [0, 0.05) is 6.42 Å². The molecule has 1 fully saturated rings. The highest BCUT2D eigenvalue weighted by Gasteiger charge is 2.31. The fourth-order valence-electron chi connectivity index (χ4n) is 1.22. The second-order valence-corrected chi connectivity index (χ2v) is 3.43. The van der Waals surface area contributed by atoms with Crippen LogP contribution < -0.4 is 0 Å². The van der Waals surface area contributed by atoms with Crippen LogP contribution in [-0.4, -0.2) is 17.5 Å². The van der Waals surface area contributed by atoms with Crippen molar-refractivity contribution in [2.24, 2.45) is 0 Å². The van der Waals surface area contributed by atoms with Crippen LogP contribution in [0.15, 0.2) is 0 Å². The topological polar surface area (TPSA) is 26.3 Å². The largest absolute Gasteiger partial charge is 0.461 e. The first-order valence-corrected chi connectivity index (χ1v) is 4.52. The van der Waals surface area contributed by atoms with Crippen LogP contribution in [0.1, 0.15) is 32.6 Å². The van der Waals surface area contributed by atoms with E-state index in [9.17, 15) is 4.79 Å². The molecule has 2 atom stereocenters. The molecule has 0 aliphatic carbocycles. The normalized spacial score (nSPS) is 30.5. The summed E-state index contributed by atoms with van der Waals surface area (Å²) in [5, 5.41) is -0.392. The number of halogens is 1. The molecule has 1 heterocycles. The second kappa shape index (κ2) is 3.96. The van der Waals surface area contributed by atoms with Crippen molar-refractivity contribution in [3.05, 3.63) is 0 Å². The summed E-state index contributed by atoms with van der Waals surface area (Å²) in [5.74, 6) is -0.243. The highest BCUT2D eigenvalue weighted by atomic mass is 35.5. The van der Waals surface area contributed by atoms with E-state index in [0.717, 1.165) is 19.3 Å². The van der Waals surface area contributed by atoms with E-state index >= 15 is 0 Å². The standard InChI is InChI=1S/C8H13ClO2/c1-2-3-4-6-5-7(9)8(10)11-6/h6-7H,2-5H2,1H3. The van der Waals surface area contributed by atoms with Gasteiger partial charge in [0.1, 0.15) is 11.5 Å². The Morgan fingerprint density at radius 2 is 2.45 bits per heavy atom. The Hall–Kier alpha value is -0.240. The molecule has 1 saturated heterocycles. The summed E-state index contributed by atoms with van der Waals surface area (Å²) < 4.78 is 5.00. The Bertz CT molecular complexity index is 147. The molecule has 0 saturated carbocycles. The number of cyclic esters (lactones) is 1. The van der Waals surface area contributed by atoms with E-state index in [4.69, 9.17) is 16.3 Å². The van der Waals surface area contributed by atoms with Crippen molar-refractivity contribution in [3.63, 3.8) is 0 Å². The number of rotatable bonds is 3. The van der Waals surface area contributed by atoms with Crippen LogP contribution in [0.5, 0.6) is 0 Å². The van der Waals surface area contributed by atoms with Crippen LogP contribution >= 0.6 is 11.6 Å². The fourth-order valence-corrected chi connectivity index (χ4v) is 1.47. The number of esters is 1. The highest BCUT2D eigenvalue weighted by molar-refractivity contribution is 6.30. The van der Waals surface area contributed by atoms with Gasteiger partial charge >= 0.3 is 5.97 Å².